The highest BCUT2D eigenvalue weighted by atomic mass is 32.1. The predicted octanol–water partition coefficient (Wildman–Crippen LogP) is 4.06. The lowest BCUT2D eigenvalue weighted by Crippen LogP contribution is -2.45. The van der Waals surface area contributed by atoms with Gasteiger partial charge in [-0.3, -0.25) is 0 Å². The molecule has 1 N–H and O–H groups in total. The molecule has 2 rings (SSSR count). The Balaban J connectivity index is 2.29. The molecule has 1 aromatic heterocycles. The van der Waals surface area contributed by atoms with Crippen molar-refractivity contribution in [3.05, 3.63) is 16.1 Å². The molecule has 0 aromatic carbocycles. The Morgan fingerprint density at radius 3 is 2.28 bits per heavy atom. The van der Waals surface area contributed by atoms with E-state index in [9.17, 15) is 0 Å². The van der Waals surface area contributed by atoms with Gasteiger partial charge in [0.15, 0.2) is 0 Å². The first-order chi connectivity index (χ1) is 8.23. The minimum absolute atomic E-state index is 0.0718. The summed E-state index contributed by atoms with van der Waals surface area (Å²) in [5.41, 5.74) is 1.44. The molecule has 1 atom stereocenters. The van der Waals surface area contributed by atoms with Crippen molar-refractivity contribution in [2.45, 2.75) is 71.4 Å². The van der Waals surface area contributed by atoms with Crippen molar-refractivity contribution in [3.63, 3.8) is 0 Å². The molecule has 0 bridgehead atoms. The van der Waals surface area contributed by atoms with E-state index in [-0.39, 0.29) is 11.0 Å². The summed E-state index contributed by atoms with van der Waals surface area (Å²) < 4.78 is 0. The van der Waals surface area contributed by atoms with Crippen LogP contribution in [0.15, 0.2) is 5.38 Å². The summed E-state index contributed by atoms with van der Waals surface area (Å²) in [5.74, 6) is 0.763. The molecule has 1 fully saturated rings. The summed E-state index contributed by atoms with van der Waals surface area (Å²) in [7, 11) is 0. The molecule has 3 heteroatoms. The molecule has 1 aliphatic carbocycles. The van der Waals surface area contributed by atoms with E-state index in [2.05, 4.69) is 52.2 Å². The zero-order valence-corrected chi connectivity index (χ0v) is 13.3. The minimum Gasteiger partial charge on any atom is -0.303 e. The van der Waals surface area contributed by atoms with Crippen molar-refractivity contribution < 1.29 is 0 Å². The molecule has 0 saturated heterocycles. The quantitative estimate of drug-likeness (QED) is 0.889. The number of rotatable bonds is 4. The zero-order valence-electron chi connectivity index (χ0n) is 12.5. The Kier molecular flexibility index (Phi) is 3.58. The van der Waals surface area contributed by atoms with Gasteiger partial charge in [0.2, 0.25) is 0 Å². The van der Waals surface area contributed by atoms with E-state index < -0.39 is 0 Å². The van der Waals surface area contributed by atoms with Crippen LogP contribution < -0.4 is 5.32 Å². The number of thiazole rings is 1. The molecule has 1 saturated carbocycles. The fourth-order valence-corrected chi connectivity index (χ4v) is 3.72. The van der Waals surface area contributed by atoms with Gasteiger partial charge in [-0.1, -0.05) is 20.8 Å². The van der Waals surface area contributed by atoms with Crippen molar-refractivity contribution in [1.82, 2.24) is 10.3 Å². The van der Waals surface area contributed by atoms with E-state index in [1.54, 1.807) is 0 Å². The molecule has 0 aliphatic heterocycles. The van der Waals surface area contributed by atoms with Gasteiger partial charge < -0.3 is 5.32 Å². The Hall–Kier alpha value is -0.410. The molecule has 1 heterocycles. The summed E-state index contributed by atoms with van der Waals surface area (Å²) in [4.78, 5) is 4.92. The highest BCUT2D eigenvalue weighted by molar-refractivity contribution is 7.09. The molecular weight excluding hydrogens is 240 g/mol. The lowest BCUT2D eigenvalue weighted by atomic mass is 9.92. The summed E-state index contributed by atoms with van der Waals surface area (Å²) in [6.07, 6.45) is 2.67. The molecule has 18 heavy (non-hydrogen) atoms. The average Bonchev–Trinajstić information content (AvgIpc) is 2.92. The van der Waals surface area contributed by atoms with Crippen molar-refractivity contribution >= 4 is 11.3 Å². The molecule has 0 amide bonds. The third-order valence-corrected chi connectivity index (χ3v) is 4.78. The lowest BCUT2D eigenvalue weighted by Gasteiger charge is -2.31. The van der Waals surface area contributed by atoms with Crippen LogP contribution in [0.4, 0.5) is 0 Å². The second-order valence-corrected chi connectivity index (χ2v) is 7.92. The lowest BCUT2D eigenvalue weighted by molar-refractivity contribution is 0.289. The maximum absolute atomic E-state index is 4.92. The minimum atomic E-state index is 0.0718. The molecule has 1 aromatic rings. The van der Waals surface area contributed by atoms with E-state index in [1.807, 2.05) is 11.3 Å². The first-order valence-corrected chi connectivity index (χ1v) is 7.85. The summed E-state index contributed by atoms with van der Waals surface area (Å²) in [6.45, 7) is 13.5. The van der Waals surface area contributed by atoms with Crippen LogP contribution in [-0.2, 0) is 11.0 Å². The predicted molar refractivity (Wildman–Crippen MR) is 79.2 cm³/mol. The summed E-state index contributed by atoms with van der Waals surface area (Å²) >= 11 is 1.82. The second kappa shape index (κ2) is 4.61. The van der Waals surface area contributed by atoms with Gasteiger partial charge in [0, 0.05) is 16.8 Å². The largest absolute Gasteiger partial charge is 0.303 e. The van der Waals surface area contributed by atoms with Crippen LogP contribution in [0.1, 0.15) is 65.1 Å². The number of hydrogen-bond donors (Lipinski definition) is 1. The van der Waals surface area contributed by atoms with Gasteiger partial charge in [-0.15, -0.1) is 11.3 Å². The Bertz CT molecular complexity index is 412. The molecule has 1 unspecified atom stereocenters. The Morgan fingerprint density at radius 1 is 1.28 bits per heavy atom. The van der Waals surface area contributed by atoms with E-state index in [4.69, 9.17) is 4.98 Å². The highest BCUT2D eigenvalue weighted by Crippen LogP contribution is 2.47. The van der Waals surface area contributed by atoms with Crippen LogP contribution in [-0.4, -0.2) is 11.0 Å². The third-order valence-electron chi connectivity index (χ3n) is 3.70. The first kappa shape index (κ1) is 14.0. The summed E-state index contributed by atoms with van der Waals surface area (Å²) in [6, 6.07) is 0.498. The zero-order chi connectivity index (χ0) is 13.6. The topological polar surface area (TPSA) is 24.9 Å². The highest BCUT2D eigenvalue weighted by Gasteiger charge is 2.45. The molecule has 102 valence electrons. The van der Waals surface area contributed by atoms with Gasteiger partial charge in [-0.25, -0.2) is 4.98 Å². The van der Waals surface area contributed by atoms with Gasteiger partial charge in [0.1, 0.15) is 5.01 Å². The van der Waals surface area contributed by atoms with Crippen LogP contribution in [0.3, 0.4) is 0 Å². The van der Waals surface area contributed by atoms with Crippen molar-refractivity contribution in [3.8, 4) is 0 Å². The monoisotopic (exact) mass is 266 g/mol. The van der Waals surface area contributed by atoms with Crippen molar-refractivity contribution in [2.75, 3.05) is 0 Å². The molecule has 1 aliphatic rings. The molecule has 0 spiro atoms. The standard InChI is InChI=1S/C15H26N2S/c1-10(2)17-15(6,11-7-8-11)13-16-12(9-18-13)14(3,4)5/h9-11,17H,7-8H2,1-6H3. The Morgan fingerprint density at radius 2 is 1.89 bits per heavy atom. The number of nitrogens with one attached hydrogen (secondary N) is 1. The van der Waals surface area contributed by atoms with Gasteiger partial charge >= 0.3 is 0 Å². The molecular formula is C15H26N2S. The van der Waals surface area contributed by atoms with Crippen LogP contribution in [0, 0.1) is 5.92 Å². The van der Waals surface area contributed by atoms with Crippen LogP contribution in [0.5, 0.6) is 0 Å². The fraction of sp³-hybridized carbons (Fsp3) is 0.800. The smallest absolute Gasteiger partial charge is 0.113 e. The first-order valence-electron chi connectivity index (χ1n) is 6.97. The van der Waals surface area contributed by atoms with Gasteiger partial charge in [0.05, 0.1) is 11.2 Å². The van der Waals surface area contributed by atoms with Crippen molar-refractivity contribution in [1.29, 1.82) is 0 Å². The van der Waals surface area contributed by atoms with Crippen LogP contribution in [0.2, 0.25) is 0 Å². The maximum Gasteiger partial charge on any atom is 0.113 e. The normalized spacial score (nSPS) is 20.2. The van der Waals surface area contributed by atoms with Gasteiger partial charge in [-0.2, -0.15) is 0 Å². The van der Waals surface area contributed by atoms with E-state index in [0.717, 1.165) is 5.92 Å². The van der Waals surface area contributed by atoms with Gasteiger partial charge in [-0.05, 0) is 39.5 Å². The number of aromatic nitrogens is 1. The van der Waals surface area contributed by atoms with E-state index in [1.165, 1.54) is 23.5 Å². The maximum atomic E-state index is 4.92. The van der Waals surface area contributed by atoms with E-state index >= 15 is 0 Å². The summed E-state index contributed by atoms with van der Waals surface area (Å²) in [5, 5.41) is 7.25. The number of nitrogens with zero attached hydrogens (tertiary/aromatic N) is 1. The van der Waals surface area contributed by atoms with Crippen molar-refractivity contribution in [2.24, 2.45) is 5.92 Å². The molecule has 2 nitrogen and oxygen atoms in total. The third kappa shape index (κ3) is 2.77. The second-order valence-electron chi connectivity index (χ2n) is 7.06. The van der Waals surface area contributed by atoms with Gasteiger partial charge in [0.25, 0.3) is 0 Å². The average molecular weight is 266 g/mol. The SMILES string of the molecule is CC(C)NC(C)(c1nc(C(C)(C)C)cs1)C1CC1. The number of hydrogen-bond acceptors (Lipinski definition) is 3. The van der Waals surface area contributed by atoms with Crippen LogP contribution >= 0.6 is 11.3 Å². The van der Waals surface area contributed by atoms with Crippen LogP contribution in [0.25, 0.3) is 0 Å². The molecule has 0 radical (unpaired) electrons. The Labute approximate surface area is 115 Å². The van der Waals surface area contributed by atoms with E-state index in [0.29, 0.717) is 6.04 Å². The fourth-order valence-electron chi connectivity index (χ4n) is 2.47.